The van der Waals surface area contributed by atoms with Crippen molar-refractivity contribution in [2.24, 2.45) is 0 Å². The summed E-state index contributed by atoms with van der Waals surface area (Å²) in [6, 6.07) is 72.9. The highest BCUT2D eigenvalue weighted by atomic mass is 16.4. The fraction of sp³-hybridized carbons (Fsp3) is 0. The predicted octanol–water partition coefficient (Wildman–Crippen LogP) is 20.9. The van der Waals surface area contributed by atoms with Gasteiger partial charge in [-0.3, -0.25) is 0 Å². The molecule has 0 spiro atoms. The van der Waals surface area contributed by atoms with Crippen molar-refractivity contribution >= 4 is 133 Å². The quantitative estimate of drug-likeness (QED) is 0.0243. The number of hydrogen-bond acceptors (Lipinski definition) is 34. The molecule has 20 rings (SSSR count). The molecule has 0 saturated carbocycles. The first-order chi connectivity index (χ1) is 66.0. The molecule has 0 bridgehead atoms. The summed E-state index contributed by atoms with van der Waals surface area (Å²) in [5, 5.41) is 326. The van der Waals surface area contributed by atoms with Crippen LogP contribution in [0, 0.1) is 0 Å². The Kier molecular flexibility index (Phi) is 20.4. The molecule has 0 aliphatic heterocycles. The van der Waals surface area contributed by atoms with Crippen LogP contribution in [0.15, 0.2) is 255 Å². The van der Waals surface area contributed by atoms with Gasteiger partial charge in [0.15, 0.2) is 69.0 Å². The highest BCUT2D eigenvalue weighted by Crippen LogP contribution is 2.65. The molecular formula is C104H72N4O30. The lowest BCUT2D eigenvalue weighted by molar-refractivity contribution is 0.329. The second-order valence-corrected chi connectivity index (χ2v) is 32.0. The lowest BCUT2D eigenvalue weighted by Gasteiger charge is -2.30. The molecule has 0 unspecified atom stereocenters. The van der Waals surface area contributed by atoms with Crippen LogP contribution in [0.3, 0.4) is 0 Å². The van der Waals surface area contributed by atoms with Crippen molar-refractivity contribution in [3.63, 3.8) is 0 Å². The Morgan fingerprint density at radius 1 is 0.123 bits per heavy atom. The molecule has 0 aromatic heterocycles. The maximum atomic E-state index is 11.4. The van der Waals surface area contributed by atoms with E-state index < -0.39 is 195 Å². The van der Waals surface area contributed by atoms with Crippen molar-refractivity contribution < 1.29 is 153 Å². The van der Waals surface area contributed by atoms with Crippen LogP contribution in [-0.4, -0.2) is 153 Å². The minimum Gasteiger partial charge on any atom is -0.504 e. The summed E-state index contributed by atoms with van der Waals surface area (Å²) in [5.41, 5.74) is 2.45. The molecule has 0 heterocycles. The molecule has 34 nitrogen and oxygen atoms in total. The summed E-state index contributed by atoms with van der Waals surface area (Å²) < 4.78 is 0. The number of phenols is 30. The number of rotatable bonds is 16. The van der Waals surface area contributed by atoms with Crippen molar-refractivity contribution in [1.82, 2.24) is 0 Å². The molecule has 0 saturated heterocycles. The first kappa shape index (κ1) is 87.0. The zero-order chi connectivity index (χ0) is 97.8. The molecule has 138 heavy (non-hydrogen) atoms. The van der Waals surface area contributed by atoms with E-state index in [4.69, 9.17) is 0 Å². The van der Waals surface area contributed by atoms with Crippen LogP contribution in [0.2, 0.25) is 0 Å². The molecule has 30 N–H and O–H groups in total. The molecule has 0 amide bonds. The second kappa shape index (κ2) is 32.4. The van der Waals surface area contributed by atoms with E-state index in [9.17, 15) is 153 Å². The van der Waals surface area contributed by atoms with Crippen LogP contribution in [0.5, 0.6) is 172 Å². The molecule has 20 aromatic carbocycles. The number of hydrogen-bond donors (Lipinski definition) is 30. The molecule has 34 heteroatoms. The Balaban J connectivity index is 0.000000178. The minimum absolute atomic E-state index is 0.00218. The topological polar surface area (TPSA) is 620 Å². The van der Waals surface area contributed by atoms with Crippen LogP contribution in [0.4, 0.5) is 68.2 Å². The molecule has 0 fully saturated rings. The highest BCUT2D eigenvalue weighted by Gasteiger charge is 2.37. The van der Waals surface area contributed by atoms with Gasteiger partial charge in [0.05, 0.1) is 45.0 Å². The monoisotopic (exact) mass is 1860 g/mol. The average molecular weight is 1860 g/mol. The third-order valence-corrected chi connectivity index (χ3v) is 24.5. The maximum absolute atomic E-state index is 11.4. The summed E-state index contributed by atoms with van der Waals surface area (Å²) in [6.45, 7) is 0. The van der Waals surface area contributed by atoms with Crippen molar-refractivity contribution in [2.75, 3.05) is 19.6 Å². The van der Waals surface area contributed by atoms with Crippen LogP contribution in [0.25, 0.3) is 109 Å². The van der Waals surface area contributed by atoms with Gasteiger partial charge in [-0.15, -0.1) is 0 Å². The van der Waals surface area contributed by atoms with Crippen molar-refractivity contribution in [1.29, 1.82) is 0 Å². The Labute approximate surface area is 773 Å². The fourth-order valence-electron chi connectivity index (χ4n) is 17.8. The largest absolute Gasteiger partial charge is 0.504 e. The molecule has 0 aliphatic rings. The average Bonchev–Trinajstić information content (AvgIpc) is 0.712. The minimum atomic E-state index is -1.28. The smallest absolute Gasteiger partial charge is 0.208 e. The summed E-state index contributed by atoms with van der Waals surface area (Å²) >= 11 is 0. The van der Waals surface area contributed by atoms with E-state index in [0.717, 1.165) is 76.2 Å². The number of aromatic hydroxyl groups is 30. The summed E-state index contributed by atoms with van der Waals surface area (Å²) in [7, 11) is 0. The summed E-state index contributed by atoms with van der Waals surface area (Å²) in [4.78, 5) is 6.48. The van der Waals surface area contributed by atoms with E-state index in [2.05, 4.69) is 58.3 Å². The van der Waals surface area contributed by atoms with Gasteiger partial charge >= 0.3 is 0 Å². The molecular weight excluding hydrogens is 1790 g/mol. The second-order valence-electron chi connectivity index (χ2n) is 32.0. The van der Waals surface area contributed by atoms with Gasteiger partial charge in [-0.25, -0.2) is 0 Å². The van der Waals surface area contributed by atoms with E-state index >= 15 is 0 Å². The van der Waals surface area contributed by atoms with E-state index in [1.807, 2.05) is 60.7 Å². The van der Waals surface area contributed by atoms with Crippen LogP contribution >= 0.6 is 0 Å². The van der Waals surface area contributed by atoms with Gasteiger partial charge in [0, 0.05) is 55.7 Å². The number of anilines is 12. The first-order valence-electron chi connectivity index (χ1n) is 41.3. The molecule has 688 valence electrons. The zero-order valence-corrected chi connectivity index (χ0v) is 70.5. The number of nitrogens with zero attached hydrogens (tertiary/aromatic N) is 4. The van der Waals surface area contributed by atoms with Gasteiger partial charge in [-0.2, -0.15) is 0 Å². The predicted molar refractivity (Wildman–Crippen MR) is 511 cm³/mol. The SMILES string of the molecule is Oc1c(O)c(O)c(-c2ccc(N(c3c(O)c(O)c(O)c(O)c3O)c3ccc4ccc5c(N(c6ccc(-c7c(O)c(O)c(O)c(O)c7O)cc6)c6c(O)c(O)c(O)c(O)c6O)ccc6ccc3c4c65)cc2)c(O)c1O.Oc1c(O)c(O)c(-c2ccc(N(c3ccccc3)c3ccc4ccc5c(N(c6ccccc6)c6ccc(-c7c(O)c(O)c(O)c(O)c7O)cc6)ccc6ccc3c4c65)cc2)c(O)c1O. The number of phenolic OH excluding ortho intramolecular Hbond substituents is 30. The molecule has 0 atom stereocenters. The standard InChI is InChI=1S/C52H36N2O20.C52H36N2O10/c55-33-29(34(56)42(64)49(71)41(33)63)19-1-9-21(10-2-19)53(31-37(59)45(67)51(73)46(68)38(31)60)25-15-7-17-6-14-24-26(16-8-18-5-13-23(25)27(17)28(18)24)54(32-39(61)47(69)52(74)48(70)40(32)62)22-11-3-20(4-12-22)30-35(57)43(65)50(72)44(66)36(30)58;55-43-41(44(56)48(60)51(63)47(43)59)29-11-19-33(20-12-29)53(31-7-3-1-4-8-31)37-25-17-27-16-24-36-38(26-18-28-15-23-35(37)39(27)40(28)36)54(32-9-5-2-6-10-32)34-21-13-30(14-22-34)42-45(57)49(61)52(64)50(62)46(42)58/h1-16,55-74H;1-26,55-64H. The zero-order valence-electron chi connectivity index (χ0n) is 70.5. The summed E-state index contributed by atoms with van der Waals surface area (Å²) in [5.74, 6) is -32.3. The maximum Gasteiger partial charge on any atom is 0.208 e. The Bertz CT molecular complexity index is 7780. The van der Waals surface area contributed by atoms with Gasteiger partial charge in [0.1, 0.15) is 11.4 Å². The van der Waals surface area contributed by atoms with Crippen molar-refractivity contribution in [2.45, 2.75) is 0 Å². The van der Waals surface area contributed by atoms with Crippen LogP contribution < -0.4 is 19.6 Å². The first-order valence-corrected chi connectivity index (χ1v) is 41.3. The normalized spacial score (nSPS) is 11.5. The molecule has 0 aliphatic carbocycles. The van der Waals surface area contributed by atoms with Gasteiger partial charge in [-0.1, -0.05) is 158 Å². The van der Waals surface area contributed by atoms with Gasteiger partial charge in [0.25, 0.3) is 0 Å². The van der Waals surface area contributed by atoms with E-state index in [1.54, 1.807) is 84.9 Å². The summed E-state index contributed by atoms with van der Waals surface area (Å²) in [6.07, 6.45) is 0. The highest BCUT2D eigenvalue weighted by molar-refractivity contribution is 6.30. The fourth-order valence-corrected chi connectivity index (χ4v) is 17.8. The lowest BCUT2D eigenvalue weighted by Crippen LogP contribution is -2.12. The van der Waals surface area contributed by atoms with Crippen LogP contribution in [-0.2, 0) is 0 Å². The Morgan fingerprint density at radius 3 is 0.471 bits per heavy atom. The van der Waals surface area contributed by atoms with E-state index in [0.29, 0.717) is 32.3 Å². The van der Waals surface area contributed by atoms with Crippen LogP contribution in [0.1, 0.15) is 0 Å². The van der Waals surface area contributed by atoms with Crippen molar-refractivity contribution in [3.05, 3.63) is 255 Å². The Hall–Kier alpha value is -20.3. The van der Waals surface area contributed by atoms with Gasteiger partial charge < -0.3 is 173 Å². The number of benzene rings is 20. The number of para-hydroxylation sites is 2. The Morgan fingerprint density at radius 2 is 0.275 bits per heavy atom. The van der Waals surface area contributed by atoms with E-state index in [1.165, 1.54) is 60.7 Å². The molecule has 0 radical (unpaired) electrons. The third kappa shape index (κ3) is 13.2. The van der Waals surface area contributed by atoms with Gasteiger partial charge in [-0.05, 0) is 162 Å². The van der Waals surface area contributed by atoms with Crippen molar-refractivity contribution in [3.8, 4) is 217 Å². The van der Waals surface area contributed by atoms with E-state index in [-0.39, 0.29) is 56.1 Å². The molecule has 20 aromatic rings. The van der Waals surface area contributed by atoms with Gasteiger partial charge in [0.2, 0.25) is 103 Å². The lowest BCUT2D eigenvalue weighted by atomic mass is 9.91. The third-order valence-electron chi connectivity index (χ3n) is 24.5.